The average Bonchev–Trinajstić information content (AvgIpc) is 2.80. The Morgan fingerprint density at radius 2 is 1.62 bits per heavy atom. The summed E-state index contributed by atoms with van der Waals surface area (Å²) >= 11 is 0. The van der Waals surface area contributed by atoms with Gasteiger partial charge in [0.05, 0.1) is 36.4 Å². The van der Waals surface area contributed by atoms with Gasteiger partial charge in [-0.2, -0.15) is 18.3 Å². The maximum absolute atomic E-state index is 12.7. The maximum Gasteiger partial charge on any atom is 0.416 e. The molecule has 1 aromatic heterocycles. The van der Waals surface area contributed by atoms with Crippen molar-refractivity contribution in [2.24, 2.45) is 0 Å². The molecule has 2 N–H and O–H groups in total. The zero-order valence-corrected chi connectivity index (χ0v) is 18.7. The molecule has 4 rings (SSSR count). The largest absolute Gasteiger partial charge is 0.416 e. The summed E-state index contributed by atoms with van der Waals surface area (Å²) in [7, 11) is -3.82. The number of nitrogens with zero attached hydrogens (tertiary/aromatic N) is 3. The highest BCUT2D eigenvalue weighted by atomic mass is 32.2. The fourth-order valence-corrected chi connectivity index (χ4v) is 4.61. The molecule has 1 aliphatic rings. The van der Waals surface area contributed by atoms with E-state index in [4.69, 9.17) is 4.74 Å². The predicted molar refractivity (Wildman–Crippen MR) is 122 cm³/mol. The fraction of sp³-hybridized carbons (Fsp3) is 0.273. The van der Waals surface area contributed by atoms with Gasteiger partial charge in [-0.3, -0.25) is 4.72 Å². The van der Waals surface area contributed by atoms with E-state index in [0.29, 0.717) is 30.4 Å². The van der Waals surface area contributed by atoms with E-state index in [2.05, 4.69) is 25.1 Å². The van der Waals surface area contributed by atoms with Gasteiger partial charge >= 0.3 is 6.18 Å². The Morgan fingerprint density at radius 3 is 2.26 bits per heavy atom. The van der Waals surface area contributed by atoms with Crippen LogP contribution in [0.4, 0.5) is 36.1 Å². The molecule has 1 aliphatic heterocycles. The first-order valence-electron chi connectivity index (χ1n) is 10.4. The van der Waals surface area contributed by atoms with Crippen molar-refractivity contribution in [3.05, 3.63) is 71.9 Å². The summed E-state index contributed by atoms with van der Waals surface area (Å²) < 4.78 is 70.7. The number of anilines is 4. The van der Waals surface area contributed by atoms with Crippen LogP contribution in [0.15, 0.2) is 60.8 Å². The lowest BCUT2D eigenvalue weighted by Crippen LogP contribution is -2.36. The highest BCUT2D eigenvalue weighted by Crippen LogP contribution is 2.29. The number of hydrogen-bond donors (Lipinski definition) is 2. The molecule has 3 aromatic rings. The Bertz CT molecular complexity index is 1210. The molecule has 0 unspecified atom stereocenters. The third-order valence-electron chi connectivity index (χ3n) is 5.08. The minimum Gasteiger partial charge on any atom is -0.378 e. The molecule has 0 saturated carbocycles. The summed E-state index contributed by atoms with van der Waals surface area (Å²) in [5, 5.41) is 11.2. The van der Waals surface area contributed by atoms with E-state index >= 15 is 0 Å². The number of morpholine rings is 1. The molecule has 180 valence electrons. The third-order valence-corrected chi connectivity index (χ3v) is 6.34. The number of aromatic nitrogens is 2. The van der Waals surface area contributed by atoms with Crippen LogP contribution in [0.2, 0.25) is 0 Å². The molecule has 2 aromatic carbocycles. The molecule has 2 heterocycles. The molecular formula is C22H22F3N5O3S. The van der Waals surface area contributed by atoms with Gasteiger partial charge in [-0.15, -0.1) is 5.10 Å². The first kappa shape index (κ1) is 23.8. The molecule has 1 fully saturated rings. The van der Waals surface area contributed by atoms with Crippen LogP contribution in [0.5, 0.6) is 0 Å². The molecule has 0 aliphatic carbocycles. The van der Waals surface area contributed by atoms with Crippen LogP contribution in [0, 0.1) is 0 Å². The van der Waals surface area contributed by atoms with E-state index in [9.17, 15) is 21.6 Å². The molecule has 0 spiro atoms. The molecule has 0 atom stereocenters. The van der Waals surface area contributed by atoms with Gasteiger partial charge in [-0.05, 0) is 42.0 Å². The van der Waals surface area contributed by atoms with Gasteiger partial charge in [0.25, 0.3) is 0 Å². The third kappa shape index (κ3) is 6.35. The summed E-state index contributed by atoms with van der Waals surface area (Å²) in [5.41, 5.74) is 1.35. The second-order valence-corrected chi connectivity index (χ2v) is 9.38. The number of benzene rings is 2. The second-order valence-electron chi connectivity index (χ2n) is 7.66. The molecule has 0 radical (unpaired) electrons. The van der Waals surface area contributed by atoms with Gasteiger partial charge in [0.15, 0.2) is 5.82 Å². The molecule has 1 saturated heterocycles. The van der Waals surface area contributed by atoms with Crippen LogP contribution in [-0.2, 0) is 26.7 Å². The van der Waals surface area contributed by atoms with Crippen LogP contribution in [-0.4, -0.2) is 44.9 Å². The van der Waals surface area contributed by atoms with Crippen molar-refractivity contribution in [2.45, 2.75) is 11.9 Å². The fourth-order valence-electron chi connectivity index (χ4n) is 3.41. The van der Waals surface area contributed by atoms with E-state index in [1.165, 1.54) is 0 Å². The highest BCUT2D eigenvalue weighted by molar-refractivity contribution is 7.91. The van der Waals surface area contributed by atoms with Crippen LogP contribution in [0.3, 0.4) is 0 Å². The Hall–Kier alpha value is -3.38. The maximum atomic E-state index is 12.7. The molecule has 0 amide bonds. The van der Waals surface area contributed by atoms with Crippen LogP contribution >= 0.6 is 0 Å². The predicted octanol–water partition coefficient (Wildman–Crippen LogP) is 4.02. The van der Waals surface area contributed by atoms with Gasteiger partial charge in [0.1, 0.15) is 0 Å². The number of nitrogens with one attached hydrogen (secondary N) is 2. The second kappa shape index (κ2) is 9.85. The van der Waals surface area contributed by atoms with E-state index in [1.807, 2.05) is 6.07 Å². The Labute approximate surface area is 194 Å². The SMILES string of the molecule is O=S(=O)(Cc1ccc(C(F)(F)F)cc1)Nc1ccc(Nc2cc(N3CCOCC3)cnn2)cc1. The van der Waals surface area contributed by atoms with Crippen molar-refractivity contribution in [3.8, 4) is 0 Å². The van der Waals surface area contributed by atoms with Gasteiger partial charge < -0.3 is 15.0 Å². The van der Waals surface area contributed by atoms with Crippen molar-refractivity contribution in [1.82, 2.24) is 10.2 Å². The lowest BCUT2D eigenvalue weighted by Gasteiger charge is -2.28. The Morgan fingerprint density at radius 1 is 0.971 bits per heavy atom. The van der Waals surface area contributed by atoms with Gasteiger partial charge in [0, 0.05) is 30.5 Å². The van der Waals surface area contributed by atoms with Crippen LogP contribution in [0.25, 0.3) is 0 Å². The summed E-state index contributed by atoms with van der Waals surface area (Å²) in [6.07, 6.45) is -2.79. The number of ether oxygens (including phenoxy) is 1. The normalized spacial score (nSPS) is 14.6. The molecule has 0 bridgehead atoms. The number of sulfonamides is 1. The van der Waals surface area contributed by atoms with Crippen LogP contribution in [0.1, 0.15) is 11.1 Å². The first-order valence-corrected chi connectivity index (χ1v) is 12.0. The average molecular weight is 494 g/mol. The number of alkyl halides is 3. The minimum atomic E-state index is -4.47. The summed E-state index contributed by atoms with van der Waals surface area (Å²) in [5.74, 6) is 0.0920. The topological polar surface area (TPSA) is 96.5 Å². The zero-order valence-electron chi connectivity index (χ0n) is 17.9. The standard InChI is InChI=1S/C22H22F3N5O3S/c23-22(24,25)17-3-1-16(2-4-17)15-34(31,32)29-19-7-5-18(6-8-19)27-21-13-20(14-26-28-21)30-9-11-33-12-10-30/h1-8,13-14,29H,9-12,15H2,(H,27,28). The van der Waals surface area contributed by atoms with Crippen molar-refractivity contribution in [2.75, 3.05) is 41.2 Å². The quantitative estimate of drug-likeness (QED) is 0.513. The number of hydrogen-bond acceptors (Lipinski definition) is 7. The highest BCUT2D eigenvalue weighted by Gasteiger charge is 2.30. The smallest absolute Gasteiger partial charge is 0.378 e. The van der Waals surface area contributed by atoms with E-state index in [-0.39, 0.29) is 5.56 Å². The van der Waals surface area contributed by atoms with E-state index in [0.717, 1.165) is 43.0 Å². The molecular weight excluding hydrogens is 471 g/mol. The number of halogens is 3. The van der Waals surface area contributed by atoms with Gasteiger partial charge in [-0.1, -0.05) is 12.1 Å². The van der Waals surface area contributed by atoms with Crippen LogP contribution < -0.4 is 14.9 Å². The minimum absolute atomic E-state index is 0.248. The number of rotatable bonds is 7. The monoisotopic (exact) mass is 493 g/mol. The van der Waals surface area contributed by atoms with E-state index in [1.54, 1.807) is 30.5 Å². The molecule has 12 heteroatoms. The summed E-state index contributed by atoms with van der Waals surface area (Å²) in [4.78, 5) is 2.15. The van der Waals surface area contributed by atoms with Crippen molar-refractivity contribution in [3.63, 3.8) is 0 Å². The Balaban J connectivity index is 1.37. The van der Waals surface area contributed by atoms with Crippen molar-refractivity contribution >= 4 is 32.9 Å². The van der Waals surface area contributed by atoms with Gasteiger partial charge in [0.2, 0.25) is 10.0 Å². The lowest BCUT2D eigenvalue weighted by atomic mass is 10.1. The zero-order chi connectivity index (χ0) is 24.2. The van der Waals surface area contributed by atoms with Crippen molar-refractivity contribution in [1.29, 1.82) is 0 Å². The lowest BCUT2D eigenvalue weighted by molar-refractivity contribution is -0.137. The molecule has 34 heavy (non-hydrogen) atoms. The van der Waals surface area contributed by atoms with E-state index < -0.39 is 27.5 Å². The molecule has 8 nitrogen and oxygen atoms in total. The van der Waals surface area contributed by atoms with Crippen molar-refractivity contribution < 1.29 is 26.3 Å². The Kier molecular flexibility index (Phi) is 6.89. The summed E-state index contributed by atoms with van der Waals surface area (Å²) in [6, 6.07) is 12.4. The first-order chi connectivity index (χ1) is 16.2. The summed E-state index contributed by atoms with van der Waals surface area (Å²) in [6.45, 7) is 2.85. The van der Waals surface area contributed by atoms with Gasteiger partial charge in [-0.25, -0.2) is 8.42 Å².